The zero-order valence-electron chi connectivity index (χ0n) is 25.0. The smallest absolute Gasteiger partial charge is 0.409 e. The van der Waals surface area contributed by atoms with Gasteiger partial charge in [-0.05, 0) is 44.4 Å². The van der Waals surface area contributed by atoms with Gasteiger partial charge in [-0.15, -0.1) is 0 Å². The summed E-state index contributed by atoms with van der Waals surface area (Å²) in [5, 5.41) is 21.9. The first-order valence-corrected chi connectivity index (χ1v) is 14.8. The van der Waals surface area contributed by atoms with Crippen molar-refractivity contribution in [2.24, 2.45) is 5.92 Å². The van der Waals surface area contributed by atoms with E-state index >= 15 is 0 Å². The fourth-order valence-corrected chi connectivity index (χ4v) is 5.28. The molecular weight excluding hydrogens is 574 g/mol. The number of hydrogen-bond donors (Lipinski definition) is 3. The molecule has 4 rings (SSSR count). The minimum atomic E-state index is -1.15. The molecule has 2 aliphatic rings. The number of aliphatic hydroxyl groups excluding tert-OH is 1. The first-order valence-electron chi connectivity index (χ1n) is 14.8. The van der Waals surface area contributed by atoms with Crippen LogP contribution >= 0.6 is 0 Å². The van der Waals surface area contributed by atoms with Gasteiger partial charge in [0, 0.05) is 69.7 Å². The average molecular weight is 614 g/mol. The second-order valence-electron chi connectivity index (χ2n) is 11.0. The van der Waals surface area contributed by atoms with Crippen LogP contribution in [-0.2, 0) is 19.1 Å². The molecule has 2 fully saturated rings. The van der Waals surface area contributed by atoms with Gasteiger partial charge >= 0.3 is 12.1 Å². The molecule has 238 valence electrons. The number of pyridine rings is 1. The van der Waals surface area contributed by atoms with Crippen molar-refractivity contribution >= 4 is 40.7 Å². The van der Waals surface area contributed by atoms with Gasteiger partial charge in [-0.2, -0.15) is 0 Å². The van der Waals surface area contributed by atoms with Crippen molar-refractivity contribution in [1.29, 1.82) is 0 Å². The highest BCUT2D eigenvalue weighted by molar-refractivity contribution is 5.99. The Morgan fingerprint density at radius 3 is 2.43 bits per heavy atom. The molecular formula is C30H39N5O9. The molecule has 2 aliphatic heterocycles. The highest BCUT2D eigenvalue weighted by Crippen LogP contribution is 2.27. The fraction of sp³-hybridized carbons (Fsp3) is 0.533. The van der Waals surface area contributed by atoms with Gasteiger partial charge in [0.25, 0.3) is 11.8 Å². The molecule has 4 amide bonds. The number of benzene rings is 1. The average Bonchev–Trinajstić information content (AvgIpc) is 3.50. The Bertz CT molecular complexity index is 1390. The lowest BCUT2D eigenvalue weighted by Crippen LogP contribution is -2.56. The van der Waals surface area contributed by atoms with Gasteiger partial charge in [-0.1, -0.05) is 6.07 Å². The Morgan fingerprint density at radius 2 is 1.77 bits per heavy atom. The quantitative estimate of drug-likeness (QED) is 0.331. The van der Waals surface area contributed by atoms with Crippen LogP contribution in [0.15, 0.2) is 24.3 Å². The van der Waals surface area contributed by atoms with Gasteiger partial charge in [0.15, 0.2) is 6.61 Å². The molecule has 0 saturated carbocycles. The van der Waals surface area contributed by atoms with Crippen LogP contribution in [0.5, 0.6) is 5.75 Å². The van der Waals surface area contributed by atoms with Crippen molar-refractivity contribution in [3.63, 3.8) is 0 Å². The largest absolute Gasteiger partial charge is 0.483 e. The maximum absolute atomic E-state index is 13.5. The Labute approximate surface area is 254 Å². The molecule has 14 nitrogen and oxygen atoms in total. The number of fused-ring (bicyclic) bond motifs is 1. The Morgan fingerprint density at radius 1 is 1.05 bits per heavy atom. The van der Waals surface area contributed by atoms with Crippen molar-refractivity contribution < 1.29 is 43.7 Å². The molecule has 0 spiro atoms. The number of ether oxygens (including phenoxy) is 2. The number of aliphatic hydroxyl groups is 1. The number of rotatable bonds is 11. The van der Waals surface area contributed by atoms with E-state index in [0.29, 0.717) is 30.4 Å². The lowest BCUT2D eigenvalue weighted by atomic mass is 10.1. The third-order valence-corrected chi connectivity index (χ3v) is 7.78. The monoisotopic (exact) mass is 613 g/mol. The molecule has 2 aromatic rings. The zero-order valence-corrected chi connectivity index (χ0v) is 25.0. The van der Waals surface area contributed by atoms with E-state index in [4.69, 9.17) is 9.47 Å². The number of likely N-dealkylation sites (tertiary alicyclic amines) is 1. The number of aromatic nitrogens is 1. The summed E-state index contributed by atoms with van der Waals surface area (Å²) in [6, 6.07) is 5.66. The van der Waals surface area contributed by atoms with Crippen LogP contribution < -0.4 is 10.1 Å². The lowest BCUT2D eigenvalue weighted by molar-refractivity contribution is -0.138. The summed E-state index contributed by atoms with van der Waals surface area (Å²) in [5.74, 6) is -2.23. The summed E-state index contributed by atoms with van der Waals surface area (Å²) in [7, 11) is 0. The third kappa shape index (κ3) is 8.13. The minimum absolute atomic E-state index is 0.0111. The molecule has 0 aliphatic carbocycles. The van der Waals surface area contributed by atoms with Gasteiger partial charge < -0.3 is 39.7 Å². The van der Waals surface area contributed by atoms with E-state index in [1.54, 1.807) is 24.0 Å². The fourth-order valence-electron chi connectivity index (χ4n) is 5.28. The predicted octanol–water partition coefficient (Wildman–Crippen LogP) is 1.03. The molecule has 3 N–H and O–H groups in total. The first-order chi connectivity index (χ1) is 21.1. The number of nitrogens with one attached hydrogen (secondary N) is 1. The number of carbonyl (C=O) groups excluding carboxylic acids is 4. The normalized spacial score (nSPS) is 17.3. The van der Waals surface area contributed by atoms with Crippen LogP contribution in [0, 0.1) is 12.8 Å². The van der Waals surface area contributed by atoms with E-state index in [9.17, 15) is 34.2 Å². The number of nitrogens with zero attached hydrogens (tertiary/aromatic N) is 4. The molecule has 1 aromatic heterocycles. The topological polar surface area (TPSA) is 179 Å². The second kappa shape index (κ2) is 14.8. The van der Waals surface area contributed by atoms with Crippen molar-refractivity contribution in [1.82, 2.24) is 25.0 Å². The number of hydrogen-bond acceptors (Lipinski definition) is 9. The van der Waals surface area contributed by atoms with Crippen LogP contribution in [0.25, 0.3) is 10.9 Å². The van der Waals surface area contributed by atoms with Gasteiger partial charge in [0.2, 0.25) is 5.91 Å². The summed E-state index contributed by atoms with van der Waals surface area (Å²) >= 11 is 0. The zero-order chi connectivity index (χ0) is 31.8. The predicted molar refractivity (Wildman–Crippen MR) is 157 cm³/mol. The number of amides is 4. The van der Waals surface area contributed by atoms with Gasteiger partial charge in [-0.25, -0.2) is 9.78 Å². The molecule has 0 radical (unpaired) electrons. The Hall–Kier alpha value is -4.46. The molecule has 44 heavy (non-hydrogen) atoms. The van der Waals surface area contributed by atoms with Crippen LogP contribution in [0.3, 0.4) is 0 Å². The summed E-state index contributed by atoms with van der Waals surface area (Å²) < 4.78 is 10.9. The van der Waals surface area contributed by atoms with Crippen molar-refractivity contribution in [3.8, 4) is 5.75 Å². The van der Waals surface area contributed by atoms with Crippen molar-refractivity contribution in [3.05, 3.63) is 35.5 Å². The second-order valence-corrected chi connectivity index (χ2v) is 11.0. The highest BCUT2D eigenvalue weighted by Gasteiger charge is 2.31. The van der Waals surface area contributed by atoms with E-state index in [1.165, 1.54) is 15.9 Å². The van der Waals surface area contributed by atoms with Crippen LogP contribution in [0.1, 0.15) is 42.2 Å². The summed E-state index contributed by atoms with van der Waals surface area (Å²) in [6.45, 7) is 5.41. The molecule has 2 saturated heterocycles. The number of piperazine rings is 1. The van der Waals surface area contributed by atoms with E-state index in [-0.39, 0.29) is 82.1 Å². The molecule has 1 aromatic carbocycles. The highest BCUT2D eigenvalue weighted by atomic mass is 16.6. The SMILES string of the molecule is CCOC(=O)N1CCN(C(=O)[C@H](CCC(=O)O)NC(=O)c2cc(OCC(=O)N3CC[C@H](CO)C3)c3ccc(C)cc3n2)CC1. The minimum Gasteiger partial charge on any atom is -0.483 e. The van der Waals surface area contributed by atoms with E-state index in [1.807, 2.05) is 13.0 Å². The molecule has 3 heterocycles. The molecule has 0 bridgehead atoms. The van der Waals surface area contributed by atoms with Gasteiger partial charge in [-0.3, -0.25) is 19.2 Å². The Balaban J connectivity index is 1.50. The number of aliphatic carboxylic acids is 1. The van der Waals surface area contributed by atoms with Gasteiger partial charge in [0.05, 0.1) is 12.1 Å². The summed E-state index contributed by atoms with van der Waals surface area (Å²) in [6.07, 6.45) is -0.254. The molecule has 0 unspecified atom stereocenters. The summed E-state index contributed by atoms with van der Waals surface area (Å²) in [5.41, 5.74) is 1.27. The van der Waals surface area contributed by atoms with Crippen LogP contribution in [0.2, 0.25) is 0 Å². The summed E-state index contributed by atoms with van der Waals surface area (Å²) in [4.78, 5) is 72.2. The Kier molecular flexibility index (Phi) is 10.9. The number of aryl methyl sites for hydroxylation is 1. The maximum Gasteiger partial charge on any atom is 0.409 e. The standard InChI is InChI=1S/C30H39N5O9/c1-3-43-30(42)34-12-10-33(11-13-34)29(41)22(6-7-27(38)39)32-28(40)24-15-25(21-5-4-19(2)14-23(21)31-24)44-18-26(37)35-9-8-20(16-35)17-36/h4-5,14-15,20,22,36H,3,6-13,16-18H2,1-2H3,(H,32,40)(H,38,39)/t20-,22-/m0/s1. The van der Waals surface area contributed by atoms with Gasteiger partial charge in [0.1, 0.15) is 17.5 Å². The van der Waals surface area contributed by atoms with E-state index in [2.05, 4.69) is 10.3 Å². The van der Waals surface area contributed by atoms with Crippen molar-refractivity contribution in [2.45, 2.75) is 39.2 Å². The van der Waals surface area contributed by atoms with Crippen LogP contribution in [-0.4, -0.2) is 125 Å². The number of carboxylic acids is 1. The molecule has 14 heteroatoms. The van der Waals surface area contributed by atoms with E-state index < -0.39 is 29.9 Å². The van der Waals surface area contributed by atoms with Crippen molar-refractivity contribution in [2.75, 3.05) is 59.1 Å². The first kappa shape index (κ1) is 32.5. The number of carbonyl (C=O) groups is 5. The lowest BCUT2D eigenvalue weighted by Gasteiger charge is -2.35. The van der Waals surface area contributed by atoms with Crippen LogP contribution in [0.4, 0.5) is 4.79 Å². The third-order valence-electron chi connectivity index (χ3n) is 7.78. The van der Waals surface area contributed by atoms with E-state index in [0.717, 1.165) is 5.56 Å². The maximum atomic E-state index is 13.5. The molecule has 2 atom stereocenters. The number of carboxylic acid groups (broad SMARTS) is 1.